The van der Waals surface area contributed by atoms with Crippen LogP contribution in [0.25, 0.3) is 0 Å². The van der Waals surface area contributed by atoms with Gasteiger partial charge in [-0.2, -0.15) is 0 Å². The Labute approximate surface area is 138 Å². The number of hydrogen-bond donors (Lipinski definition) is 1. The fourth-order valence-corrected chi connectivity index (χ4v) is 3.96. The van der Waals surface area contributed by atoms with Crippen molar-refractivity contribution in [1.29, 1.82) is 0 Å². The molecule has 0 unspecified atom stereocenters. The zero-order chi connectivity index (χ0) is 16.0. The minimum Gasteiger partial charge on any atom is -0.508 e. The van der Waals surface area contributed by atoms with Crippen LogP contribution in [0.4, 0.5) is 0 Å². The highest BCUT2D eigenvalue weighted by Crippen LogP contribution is 2.43. The van der Waals surface area contributed by atoms with Gasteiger partial charge in [-0.25, -0.2) is 0 Å². The lowest BCUT2D eigenvalue weighted by Gasteiger charge is -2.30. The third-order valence-electron chi connectivity index (χ3n) is 5.57. The van der Waals surface area contributed by atoms with Crippen molar-refractivity contribution in [2.24, 2.45) is 0 Å². The average Bonchev–Trinajstić information content (AvgIpc) is 3.29. The van der Waals surface area contributed by atoms with Crippen molar-refractivity contribution in [3.63, 3.8) is 0 Å². The molecular weight excluding hydrogens is 282 g/mol. The van der Waals surface area contributed by atoms with Crippen molar-refractivity contribution in [2.75, 3.05) is 0 Å². The predicted molar refractivity (Wildman–Crippen MR) is 93.6 cm³/mol. The molecule has 1 N–H and O–H groups in total. The van der Waals surface area contributed by atoms with Crippen LogP contribution in [0.5, 0.6) is 5.75 Å². The molecule has 23 heavy (non-hydrogen) atoms. The molecule has 0 aliphatic heterocycles. The standard InChI is InChI=1S/C21H25NO/c1-14-11-17(21(23)12-15(14)2)13-22(18-8-9-18)20-10-7-16-5-3-4-6-19(16)20/h3-6,11-12,18,20,23H,7-10,13H2,1-2H3/t20-/m0/s1. The second kappa shape index (κ2) is 5.68. The summed E-state index contributed by atoms with van der Waals surface area (Å²) in [7, 11) is 0. The van der Waals surface area contributed by atoms with Gasteiger partial charge in [0, 0.05) is 24.2 Å². The van der Waals surface area contributed by atoms with Gasteiger partial charge in [-0.1, -0.05) is 30.3 Å². The molecule has 120 valence electrons. The summed E-state index contributed by atoms with van der Waals surface area (Å²) in [5.41, 5.74) is 6.51. The number of benzene rings is 2. The highest BCUT2D eigenvalue weighted by molar-refractivity contribution is 5.41. The maximum Gasteiger partial charge on any atom is 0.120 e. The molecule has 0 amide bonds. The van der Waals surface area contributed by atoms with Crippen LogP contribution in [0.3, 0.4) is 0 Å². The lowest BCUT2D eigenvalue weighted by molar-refractivity contribution is 0.175. The van der Waals surface area contributed by atoms with Gasteiger partial charge in [-0.3, -0.25) is 4.90 Å². The normalized spacial score (nSPS) is 20.0. The molecule has 2 aromatic carbocycles. The van der Waals surface area contributed by atoms with Crippen LogP contribution < -0.4 is 0 Å². The third kappa shape index (κ3) is 2.76. The molecule has 0 bridgehead atoms. The first-order valence-electron chi connectivity index (χ1n) is 8.76. The Morgan fingerprint density at radius 2 is 1.78 bits per heavy atom. The van der Waals surface area contributed by atoms with E-state index in [1.165, 1.54) is 42.4 Å². The van der Waals surface area contributed by atoms with Gasteiger partial charge in [0.2, 0.25) is 0 Å². The van der Waals surface area contributed by atoms with Gasteiger partial charge < -0.3 is 5.11 Å². The summed E-state index contributed by atoms with van der Waals surface area (Å²) in [4.78, 5) is 2.63. The van der Waals surface area contributed by atoms with Gasteiger partial charge in [-0.05, 0) is 67.9 Å². The molecule has 0 aromatic heterocycles. The number of hydrogen-bond acceptors (Lipinski definition) is 2. The SMILES string of the molecule is Cc1cc(O)c(CN(C2CC2)[C@H]2CCc3ccccc32)cc1C. The smallest absolute Gasteiger partial charge is 0.120 e. The largest absolute Gasteiger partial charge is 0.508 e. The number of aromatic hydroxyl groups is 1. The van der Waals surface area contributed by atoms with E-state index in [1.807, 2.05) is 6.07 Å². The fourth-order valence-electron chi connectivity index (χ4n) is 3.96. The van der Waals surface area contributed by atoms with Crippen molar-refractivity contribution in [2.45, 2.75) is 58.2 Å². The molecule has 2 aliphatic carbocycles. The Bertz CT molecular complexity index is 733. The second-order valence-electron chi connectivity index (χ2n) is 7.22. The molecule has 0 saturated heterocycles. The summed E-state index contributed by atoms with van der Waals surface area (Å²) in [6, 6.07) is 14.2. The van der Waals surface area contributed by atoms with E-state index in [0.29, 0.717) is 17.8 Å². The number of phenols is 1. The minimum atomic E-state index is 0.449. The Morgan fingerprint density at radius 1 is 1.04 bits per heavy atom. The molecule has 0 radical (unpaired) electrons. The molecule has 2 heteroatoms. The molecule has 4 rings (SSSR count). The van der Waals surface area contributed by atoms with E-state index in [0.717, 1.165) is 17.7 Å². The minimum absolute atomic E-state index is 0.449. The first kappa shape index (κ1) is 14.8. The predicted octanol–water partition coefficient (Wildman–Crippen LogP) is 4.66. The van der Waals surface area contributed by atoms with Crippen LogP contribution in [0.15, 0.2) is 36.4 Å². The van der Waals surface area contributed by atoms with Gasteiger partial charge in [0.05, 0.1) is 0 Å². The van der Waals surface area contributed by atoms with Crippen LogP contribution in [0.2, 0.25) is 0 Å². The molecule has 2 aliphatic rings. The zero-order valence-corrected chi connectivity index (χ0v) is 14.0. The summed E-state index contributed by atoms with van der Waals surface area (Å²) < 4.78 is 0. The lowest BCUT2D eigenvalue weighted by atomic mass is 10.0. The van der Waals surface area contributed by atoms with E-state index in [4.69, 9.17) is 0 Å². The first-order chi connectivity index (χ1) is 11.1. The van der Waals surface area contributed by atoms with Crippen molar-refractivity contribution in [3.05, 3.63) is 64.2 Å². The van der Waals surface area contributed by atoms with Crippen LogP contribution in [0.1, 0.15) is 53.1 Å². The first-order valence-corrected chi connectivity index (χ1v) is 8.76. The summed E-state index contributed by atoms with van der Waals surface area (Å²) in [6.45, 7) is 5.05. The second-order valence-corrected chi connectivity index (χ2v) is 7.22. The molecule has 2 nitrogen and oxygen atoms in total. The van der Waals surface area contributed by atoms with E-state index in [9.17, 15) is 5.11 Å². The Balaban J connectivity index is 1.64. The molecular formula is C21H25NO. The number of rotatable bonds is 4. The highest BCUT2D eigenvalue weighted by atomic mass is 16.3. The van der Waals surface area contributed by atoms with E-state index in [-0.39, 0.29) is 0 Å². The van der Waals surface area contributed by atoms with Crippen LogP contribution in [0, 0.1) is 13.8 Å². The third-order valence-corrected chi connectivity index (χ3v) is 5.57. The molecule has 1 saturated carbocycles. The van der Waals surface area contributed by atoms with Gasteiger partial charge in [0.15, 0.2) is 0 Å². The maximum absolute atomic E-state index is 10.4. The van der Waals surface area contributed by atoms with Crippen molar-refractivity contribution in [3.8, 4) is 5.75 Å². The summed E-state index contributed by atoms with van der Waals surface area (Å²) in [5.74, 6) is 0.449. The molecule has 2 aromatic rings. The fraction of sp³-hybridized carbons (Fsp3) is 0.429. The van der Waals surface area contributed by atoms with E-state index in [1.54, 1.807) is 0 Å². The topological polar surface area (TPSA) is 23.5 Å². The Hall–Kier alpha value is -1.80. The van der Waals surface area contributed by atoms with Crippen molar-refractivity contribution >= 4 is 0 Å². The highest BCUT2D eigenvalue weighted by Gasteiger charge is 2.37. The average molecular weight is 307 g/mol. The van der Waals surface area contributed by atoms with Gasteiger partial charge in [0.25, 0.3) is 0 Å². The summed E-state index contributed by atoms with van der Waals surface area (Å²) in [6.07, 6.45) is 4.99. The monoisotopic (exact) mass is 307 g/mol. The van der Waals surface area contributed by atoms with Gasteiger partial charge in [-0.15, -0.1) is 0 Å². The van der Waals surface area contributed by atoms with Crippen LogP contribution in [-0.2, 0) is 13.0 Å². The number of nitrogens with zero attached hydrogens (tertiary/aromatic N) is 1. The van der Waals surface area contributed by atoms with E-state index < -0.39 is 0 Å². The van der Waals surface area contributed by atoms with E-state index in [2.05, 4.69) is 49.1 Å². The molecule has 1 atom stereocenters. The Kier molecular flexibility index (Phi) is 3.65. The maximum atomic E-state index is 10.4. The van der Waals surface area contributed by atoms with Crippen molar-refractivity contribution < 1.29 is 5.11 Å². The zero-order valence-electron chi connectivity index (χ0n) is 14.0. The lowest BCUT2D eigenvalue weighted by Crippen LogP contribution is -2.29. The Morgan fingerprint density at radius 3 is 2.57 bits per heavy atom. The van der Waals surface area contributed by atoms with Crippen LogP contribution >= 0.6 is 0 Å². The molecule has 0 spiro atoms. The van der Waals surface area contributed by atoms with E-state index >= 15 is 0 Å². The van der Waals surface area contributed by atoms with Crippen molar-refractivity contribution in [1.82, 2.24) is 4.90 Å². The van der Waals surface area contributed by atoms with Crippen LogP contribution in [-0.4, -0.2) is 16.0 Å². The molecule has 0 heterocycles. The van der Waals surface area contributed by atoms with Gasteiger partial charge >= 0.3 is 0 Å². The number of phenolic OH excluding ortho intramolecular Hbond substituents is 1. The number of aryl methyl sites for hydroxylation is 3. The summed E-state index contributed by atoms with van der Waals surface area (Å²) >= 11 is 0. The summed E-state index contributed by atoms with van der Waals surface area (Å²) in [5, 5.41) is 10.4. The van der Waals surface area contributed by atoms with Gasteiger partial charge in [0.1, 0.15) is 5.75 Å². The number of fused-ring (bicyclic) bond motifs is 1. The quantitative estimate of drug-likeness (QED) is 0.888. The molecule has 1 fully saturated rings.